The molecule has 0 heterocycles. The third-order valence-electron chi connectivity index (χ3n) is 6.10. The Kier molecular flexibility index (Phi) is 2.95. The summed E-state index contributed by atoms with van der Waals surface area (Å²) >= 11 is 0. The summed E-state index contributed by atoms with van der Waals surface area (Å²) < 4.78 is 0. The van der Waals surface area contributed by atoms with Crippen LogP contribution in [0.4, 0.5) is 0 Å². The van der Waals surface area contributed by atoms with Crippen molar-refractivity contribution in [2.75, 3.05) is 0 Å². The monoisotopic (exact) mass is 250 g/mol. The van der Waals surface area contributed by atoms with E-state index in [-0.39, 0.29) is 5.92 Å². The first kappa shape index (κ1) is 12.5. The first-order valence-corrected chi connectivity index (χ1v) is 7.69. The van der Waals surface area contributed by atoms with E-state index < -0.39 is 5.97 Å². The molecule has 3 aliphatic rings. The smallest absolute Gasteiger partial charge is 0.306 e. The van der Waals surface area contributed by atoms with Crippen molar-refractivity contribution in [2.24, 2.45) is 35.0 Å². The number of hydrogen-bond acceptors (Lipinski definition) is 1. The van der Waals surface area contributed by atoms with Crippen molar-refractivity contribution >= 4 is 5.97 Å². The molecule has 0 aromatic carbocycles. The SMILES string of the molecule is CC1(C)CCC(C(=O)O)C(C2CC3CCC2C3)C1. The first-order chi connectivity index (χ1) is 8.46. The molecule has 3 rings (SSSR count). The van der Waals surface area contributed by atoms with Crippen LogP contribution in [-0.2, 0) is 4.79 Å². The van der Waals surface area contributed by atoms with Gasteiger partial charge in [-0.1, -0.05) is 20.3 Å². The number of rotatable bonds is 2. The van der Waals surface area contributed by atoms with Crippen LogP contribution < -0.4 is 0 Å². The lowest BCUT2D eigenvalue weighted by Gasteiger charge is -2.44. The zero-order valence-corrected chi connectivity index (χ0v) is 11.7. The zero-order valence-electron chi connectivity index (χ0n) is 11.7. The van der Waals surface area contributed by atoms with Crippen molar-refractivity contribution < 1.29 is 9.90 Å². The van der Waals surface area contributed by atoms with Crippen molar-refractivity contribution in [2.45, 2.75) is 58.8 Å². The molecule has 0 radical (unpaired) electrons. The highest BCUT2D eigenvalue weighted by molar-refractivity contribution is 5.70. The van der Waals surface area contributed by atoms with Crippen molar-refractivity contribution in [1.82, 2.24) is 0 Å². The van der Waals surface area contributed by atoms with Crippen molar-refractivity contribution in [1.29, 1.82) is 0 Å². The van der Waals surface area contributed by atoms with Crippen LogP contribution in [0.3, 0.4) is 0 Å². The molecule has 2 bridgehead atoms. The van der Waals surface area contributed by atoms with Gasteiger partial charge in [-0.3, -0.25) is 4.79 Å². The van der Waals surface area contributed by atoms with E-state index in [0.717, 1.165) is 37.0 Å². The van der Waals surface area contributed by atoms with Crippen molar-refractivity contribution in [3.8, 4) is 0 Å². The molecule has 2 heteroatoms. The molecule has 0 amide bonds. The highest BCUT2D eigenvalue weighted by atomic mass is 16.4. The van der Waals surface area contributed by atoms with Crippen LogP contribution in [0.5, 0.6) is 0 Å². The van der Waals surface area contributed by atoms with E-state index in [2.05, 4.69) is 13.8 Å². The molecule has 0 aromatic heterocycles. The van der Waals surface area contributed by atoms with E-state index >= 15 is 0 Å². The van der Waals surface area contributed by atoms with E-state index in [1.165, 1.54) is 25.7 Å². The summed E-state index contributed by atoms with van der Waals surface area (Å²) in [5.74, 6) is 2.39. The lowest BCUT2D eigenvalue weighted by Crippen LogP contribution is -2.39. The lowest BCUT2D eigenvalue weighted by molar-refractivity contribution is -0.148. The van der Waals surface area contributed by atoms with Crippen LogP contribution in [0.15, 0.2) is 0 Å². The van der Waals surface area contributed by atoms with Gasteiger partial charge < -0.3 is 5.11 Å². The number of carbonyl (C=O) groups is 1. The molecule has 3 aliphatic carbocycles. The lowest BCUT2D eigenvalue weighted by atomic mass is 9.61. The predicted molar refractivity (Wildman–Crippen MR) is 71.2 cm³/mol. The van der Waals surface area contributed by atoms with Crippen LogP contribution in [0.25, 0.3) is 0 Å². The summed E-state index contributed by atoms with van der Waals surface area (Å²) in [6.07, 6.45) is 8.64. The molecule has 18 heavy (non-hydrogen) atoms. The fourth-order valence-corrected chi connectivity index (χ4v) is 5.22. The minimum absolute atomic E-state index is 0.0534. The number of fused-ring (bicyclic) bond motifs is 2. The summed E-state index contributed by atoms with van der Waals surface area (Å²) in [4.78, 5) is 11.5. The maximum absolute atomic E-state index is 11.5. The zero-order chi connectivity index (χ0) is 12.9. The van der Waals surface area contributed by atoms with Crippen LogP contribution in [0.1, 0.15) is 58.8 Å². The van der Waals surface area contributed by atoms with Gasteiger partial charge in [0.15, 0.2) is 0 Å². The molecular formula is C16H26O2. The minimum Gasteiger partial charge on any atom is -0.481 e. The normalized spacial score (nSPS) is 46.2. The molecule has 3 fully saturated rings. The highest BCUT2D eigenvalue weighted by Crippen LogP contribution is 2.56. The van der Waals surface area contributed by atoms with E-state index in [9.17, 15) is 9.90 Å². The molecule has 0 aromatic rings. The maximum Gasteiger partial charge on any atom is 0.306 e. The van der Waals surface area contributed by atoms with Gasteiger partial charge in [0.2, 0.25) is 0 Å². The van der Waals surface area contributed by atoms with Crippen LogP contribution in [0.2, 0.25) is 0 Å². The summed E-state index contributed by atoms with van der Waals surface area (Å²) in [6, 6.07) is 0. The topological polar surface area (TPSA) is 37.3 Å². The summed E-state index contributed by atoms with van der Waals surface area (Å²) in [6.45, 7) is 4.65. The molecule has 5 unspecified atom stereocenters. The molecular weight excluding hydrogens is 224 g/mol. The Balaban J connectivity index is 1.79. The quantitative estimate of drug-likeness (QED) is 0.805. The van der Waals surface area contributed by atoms with Crippen LogP contribution >= 0.6 is 0 Å². The Morgan fingerprint density at radius 1 is 1.11 bits per heavy atom. The summed E-state index contributed by atoms with van der Waals surface area (Å²) in [5, 5.41) is 9.51. The standard InChI is InChI=1S/C16H26O2/c1-16(2)6-5-12(15(17)18)14(9-16)13-8-10-3-4-11(13)7-10/h10-14H,3-9H2,1-2H3,(H,17,18). The van der Waals surface area contributed by atoms with Crippen LogP contribution in [0, 0.1) is 35.0 Å². The number of aliphatic carboxylic acids is 1. The van der Waals surface area contributed by atoms with Crippen LogP contribution in [-0.4, -0.2) is 11.1 Å². The molecule has 102 valence electrons. The largest absolute Gasteiger partial charge is 0.481 e. The van der Waals surface area contributed by atoms with E-state index in [0.29, 0.717) is 11.3 Å². The number of hydrogen-bond donors (Lipinski definition) is 1. The van der Waals surface area contributed by atoms with Gasteiger partial charge in [-0.2, -0.15) is 0 Å². The second kappa shape index (κ2) is 4.25. The Labute approximate surface area is 110 Å². The fraction of sp³-hybridized carbons (Fsp3) is 0.938. The molecule has 0 aliphatic heterocycles. The number of carboxylic acid groups (broad SMARTS) is 1. The second-order valence-corrected chi connectivity index (χ2v) is 7.85. The average Bonchev–Trinajstić information content (AvgIpc) is 2.88. The molecule has 2 nitrogen and oxygen atoms in total. The molecule has 0 spiro atoms. The predicted octanol–water partition coefficient (Wildman–Crippen LogP) is 3.95. The van der Waals surface area contributed by atoms with E-state index in [1.54, 1.807) is 0 Å². The Morgan fingerprint density at radius 2 is 1.89 bits per heavy atom. The van der Waals surface area contributed by atoms with E-state index in [1.807, 2.05) is 0 Å². The van der Waals surface area contributed by atoms with Gasteiger partial charge in [-0.15, -0.1) is 0 Å². The Bertz CT molecular complexity index is 347. The molecule has 0 saturated heterocycles. The fourth-order valence-electron chi connectivity index (χ4n) is 5.22. The molecule has 1 N–H and O–H groups in total. The van der Waals surface area contributed by atoms with Gasteiger partial charge in [0.05, 0.1) is 5.92 Å². The van der Waals surface area contributed by atoms with E-state index in [4.69, 9.17) is 0 Å². The third-order valence-corrected chi connectivity index (χ3v) is 6.10. The average molecular weight is 250 g/mol. The maximum atomic E-state index is 11.5. The van der Waals surface area contributed by atoms with Gasteiger partial charge in [-0.25, -0.2) is 0 Å². The number of carboxylic acids is 1. The third kappa shape index (κ3) is 2.08. The van der Waals surface area contributed by atoms with Gasteiger partial charge >= 0.3 is 5.97 Å². The van der Waals surface area contributed by atoms with Crippen molar-refractivity contribution in [3.63, 3.8) is 0 Å². The Morgan fingerprint density at radius 3 is 2.44 bits per heavy atom. The van der Waals surface area contributed by atoms with Gasteiger partial charge in [-0.05, 0) is 67.6 Å². The van der Waals surface area contributed by atoms with Gasteiger partial charge in [0.25, 0.3) is 0 Å². The second-order valence-electron chi connectivity index (χ2n) is 7.85. The summed E-state index contributed by atoms with van der Waals surface area (Å²) in [7, 11) is 0. The van der Waals surface area contributed by atoms with Gasteiger partial charge in [0, 0.05) is 0 Å². The summed E-state index contributed by atoms with van der Waals surface area (Å²) in [5.41, 5.74) is 0.360. The minimum atomic E-state index is -0.529. The molecule has 3 saturated carbocycles. The Hall–Kier alpha value is -0.530. The van der Waals surface area contributed by atoms with Crippen molar-refractivity contribution in [3.05, 3.63) is 0 Å². The molecule has 5 atom stereocenters. The van der Waals surface area contributed by atoms with Gasteiger partial charge in [0.1, 0.15) is 0 Å². The highest BCUT2D eigenvalue weighted by Gasteiger charge is 2.49. The first-order valence-electron chi connectivity index (χ1n) is 7.69.